The fourth-order valence-corrected chi connectivity index (χ4v) is 3.36. The van der Waals surface area contributed by atoms with Gasteiger partial charge in [-0.05, 0) is 38.9 Å². The van der Waals surface area contributed by atoms with Gasteiger partial charge in [0.2, 0.25) is 0 Å². The normalized spacial score (nSPS) is 43.3. The van der Waals surface area contributed by atoms with Crippen LogP contribution in [0.15, 0.2) is 0 Å². The van der Waals surface area contributed by atoms with Crippen molar-refractivity contribution in [2.75, 3.05) is 12.9 Å². The summed E-state index contributed by atoms with van der Waals surface area (Å²) in [4.78, 5) is 0. The molecule has 2 fully saturated rings. The lowest BCUT2D eigenvalue weighted by molar-refractivity contribution is 0.111. The van der Waals surface area contributed by atoms with Crippen LogP contribution in [0.5, 0.6) is 0 Å². The molecule has 1 heterocycles. The van der Waals surface area contributed by atoms with Crippen molar-refractivity contribution < 1.29 is 4.74 Å². The molecule has 0 aromatic heterocycles. The Morgan fingerprint density at radius 1 is 1.29 bits per heavy atom. The van der Waals surface area contributed by atoms with Crippen LogP contribution in [0.2, 0.25) is 0 Å². The Labute approximate surface area is 91.2 Å². The Bertz CT molecular complexity index is 188. The van der Waals surface area contributed by atoms with Crippen LogP contribution in [0.1, 0.15) is 32.6 Å². The Kier molecular flexibility index (Phi) is 3.74. The van der Waals surface area contributed by atoms with E-state index >= 15 is 0 Å². The molecule has 0 aromatic carbocycles. The molecule has 1 N–H and O–H groups in total. The molecular weight excluding hydrogens is 194 g/mol. The average Bonchev–Trinajstić information content (AvgIpc) is 2.77. The van der Waals surface area contributed by atoms with E-state index < -0.39 is 0 Å². The second-order valence-corrected chi connectivity index (χ2v) is 5.64. The summed E-state index contributed by atoms with van der Waals surface area (Å²) in [6.45, 7) is 3.13. The quantitative estimate of drug-likeness (QED) is 0.778. The Hall–Kier alpha value is 0.270. The molecule has 82 valence electrons. The maximum Gasteiger partial charge on any atom is 0.0700 e. The fraction of sp³-hybridized carbons (Fsp3) is 1.00. The van der Waals surface area contributed by atoms with Gasteiger partial charge >= 0.3 is 0 Å². The first-order valence-corrected chi connectivity index (χ1v) is 6.99. The molecule has 2 nitrogen and oxygen atoms in total. The van der Waals surface area contributed by atoms with E-state index in [9.17, 15) is 0 Å². The van der Waals surface area contributed by atoms with Gasteiger partial charge in [-0.1, -0.05) is 0 Å². The van der Waals surface area contributed by atoms with E-state index in [2.05, 4.69) is 18.5 Å². The third-order valence-electron chi connectivity index (χ3n) is 3.54. The van der Waals surface area contributed by atoms with Crippen molar-refractivity contribution in [3.63, 3.8) is 0 Å². The molecular formula is C11H21NOS. The van der Waals surface area contributed by atoms with Gasteiger partial charge in [0, 0.05) is 23.9 Å². The zero-order valence-corrected chi connectivity index (χ0v) is 9.98. The zero-order valence-electron chi connectivity index (χ0n) is 9.16. The summed E-state index contributed by atoms with van der Waals surface area (Å²) in [5, 5.41) is 4.65. The summed E-state index contributed by atoms with van der Waals surface area (Å²) in [5.74, 6) is 0. The lowest BCUT2D eigenvalue weighted by Crippen LogP contribution is -2.40. The molecule has 1 aliphatic heterocycles. The lowest BCUT2D eigenvalue weighted by atomic mass is 10.1. The zero-order chi connectivity index (χ0) is 9.97. The third kappa shape index (κ3) is 2.44. The topological polar surface area (TPSA) is 21.3 Å². The number of hydrogen-bond acceptors (Lipinski definition) is 3. The van der Waals surface area contributed by atoms with E-state index in [4.69, 9.17) is 4.74 Å². The van der Waals surface area contributed by atoms with Gasteiger partial charge in [0.1, 0.15) is 0 Å². The van der Waals surface area contributed by atoms with E-state index in [1.165, 1.54) is 25.7 Å². The van der Waals surface area contributed by atoms with E-state index in [1.807, 2.05) is 11.8 Å². The van der Waals surface area contributed by atoms with Crippen LogP contribution in [-0.4, -0.2) is 36.3 Å². The molecule has 4 atom stereocenters. The molecule has 0 bridgehead atoms. The third-order valence-corrected chi connectivity index (χ3v) is 4.64. The first-order valence-electron chi connectivity index (χ1n) is 5.70. The van der Waals surface area contributed by atoms with Gasteiger partial charge in [-0.25, -0.2) is 0 Å². The maximum absolute atomic E-state index is 5.56. The molecule has 1 saturated heterocycles. The molecule has 0 amide bonds. The second kappa shape index (κ2) is 4.86. The van der Waals surface area contributed by atoms with Gasteiger partial charge in [0.15, 0.2) is 0 Å². The molecule has 2 aliphatic rings. The summed E-state index contributed by atoms with van der Waals surface area (Å²) < 4.78 is 5.56. The van der Waals surface area contributed by atoms with Crippen molar-refractivity contribution in [1.29, 1.82) is 0 Å². The highest BCUT2D eigenvalue weighted by atomic mass is 32.2. The highest BCUT2D eigenvalue weighted by molar-refractivity contribution is 7.99. The van der Waals surface area contributed by atoms with Gasteiger partial charge in [-0.2, -0.15) is 11.8 Å². The predicted octanol–water partition coefficient (Wildman–Crippen LogP) is 2.04. The summed E-state index contributed by atoms with van der Waals surface area (Å²) in [6, 6.07) is 1.36. The molecule has 14 heavy (non-hydrogen) atoms. The van der Waals surface area contributed by atoms with Gasteiger partial charge in [0.05, 0.1) is 6.10 Å². The van der Waals surface area contributed by atoms with E-state index in [1.54, 1.807) is 0 Å². The fourth-order valence-electron chi connectivity index (χ4n) is 2.56. The molecule has 4 unspecified atom stereocenters. The van der Waals surface area contributed by atoms with Crippen LogP contribution in [-0.2, 0) is 4.74 Å². The summed E-state index contributed by atoms with van der Waals surface area (Å²) in [7, 11) is 0. The van der Waals surface area contributed by atoms with Crippen LogP contribution in [0.3, 0.4) is 0 Å². The summed E-state index contributed by atoms with van der Waals surface area (Å²) in [5.41, 5.74) is 0. The Morgan fingerprint density at radius 2 is 2.14 bits per heavy atom. The first kappa shape index (κ1) is 10.8. The van der Waals surface area contributed by atoms with Gasteiger partial charge < -0.3 is 10.1 Å². The standard InChI is InChI=1S/C11H21NOS/c1-8-11(5-6-13-8)12-9-3-4-10(7-9)14-2/h8-12H,3-7H2,1-2H3. The molecule has 1 saturated carbocycles. The summed E-state index contributed by atoms with van der Waals surface area (Å²) >= 11 is 2.02. The average molecular weight is 215 g/mol. The van der Waals surface area contributed by atoms with Crippen LogP contribution < -0.4 is 5.32 Å². The molecule has 3 heteroatoms. The van der Waals surface area contributed by atoms with Crippen LogP contribution in [0, 0.1) is 0 Å². The Balaban J connectivity index is 1.75. The smallest absolute Gasteiger partial charge is 0.0700 e. The van der Waals surface area contributed by atoms with Crippen molar-refractivity contribution in [2.24, 2.45) is 0 Å². The van der Waals surface area contributed by atoms with E-state index in [0.29, 0.717) is 12.1 Å². The van der Waals surface area contributed by atoms with Crippen LogP contribution in [0.25, 0.3) is 0 Å². The largest absolute Gasteiger partial charge is 0.377 e. The Morgan fingerprint density at radius 3 is 2.71 bits per heavy atom. The number of thioether (sulfide) groups is 1. The molecule has 0 aromatic rings. The van der Waals surface area contributed by atoms with E-state index in [-0.39, 0.29) is 0 Å². The SMILES string of the molecule is CSC1CCC(NC2CCOC2C)C1. The number of rotatable bonds is 3. The minimum Gasteiger partial charge on any atom is -0.377 e. The molecule has 1 aliphatic carbocycles. The maximum atomic E-state index is 5.56. The number of ether oxygens (including phenoxy) is 1. The monoisotopic (exact) mass is 215 g/mol. The molecule has 2 rings (SSSR count). The highest BCUT2D eigenvalue weighted by Crippen LogP contribution is 2.29. The lowest BCUT2D eigenvalue weighted by Gasteiger charge is -2.21. The van der Waals surface area contributed by atoms with Gasteiger partial charge in [0.25, 0.3) is 0 Å². The first-order chi connectivity index (χ1) is 6.79. The predicted molar refractivity (Wildman–Crippen MR) is 61.9 cm³/mol. The second-order valence-electron chi connectivity index (χ2n) is 4.51. The minimum absolute atomic E-state index is 0.420. The van der Waals surface area contributed by atoms with Crippen molar-refractivity contribution >= 4 is 11.8 Å². The highest BCUT2D eigenvalue weighted by Gasteiger charge is 2.30. The van der Waals surface area contributed by atoms with Crippen LogP contribution in [0.4, 0.5) is 0 Å². The van der Waals surface area contributed by atoms with Crippen molar-refractivity contribution in [1.82, 2.24) is 5.32 Å². The van der Waals surface area contributed by atoms with Crippen molar-refractivity contribution in [3.8, 4) is 0 Å². The van der Waals surface area contributed by atoms with Crippen molar-refractivity contribution in [3.05, 3.63) is 0 Å². The van der Waals surface area contributed by atoms with E-state index in [0.717, 1.165) is 17.9 Å². The van der Waals surface area contributed by atoms with Crippen molar-refractivity contribution in [2.45, 2.75) is 56.0 Å². The molecule has 0 radical (unpaired) electrons. The van der Waals surface area contributed by atoms with Gasteiger partial charge in [-0.15, -0.1) is 0 Å². The minimum atomic E-state index is 0.420. The number of hydrogen-bond donors (Lipinski definition) is 1. The molecule has 0 spiro atoms. The summed E-state index contributed by atoms with van der Waals surface area (Å²) in [6.07, 6.45) is 7.94. The van der Waals surface area contributed by atoms with Gasteiger partial charge in [-0.3, -0.25) is 0 Å². The number of nitrogens with one attached hydrogen (secondary N) is 1. The van der Waals surface area contributed by atoms with Crippen LogP contribution >= 0.6 is 11.8 Å².